The first-order valence-corrected chi connectivity index (χ1v) is 12.4. The summed E-state index contributed by atoms with van der Waals surface area (Å²) in [4.78, 5) is 20.9. The normalized spacial score (nSPS) is 11.8. The van der Waals surface area contributed by atoms with Gasteiger partial charge in [0.2, 0.25) is 5.82 Å². The highest BCUT2D eigenvalue weighted by Gasteiger charge is 2.20. The Kier molecular flexibility index (Phi) is 6.97. The first-order valence-electron chi connectivity index (χ1n) is 9.88. The molecule has 0 saturated heterocycles. The van der Waals surface area contributed by atoms with Gasteiger partial charge in [-0.1, -0.05) is 16.8 Å². The summed E-state index contributed by atoms with van der Waals surface area (Å²) in [6, 6.07) is 4.73. The Morgan fingerprint density at radius 2 is 1.97 bits per heavy atom. The van der Waals surface area contributed by atoms with Crippen molar-refractivity contribution >= 4 is 68.4 Å². The molecule has 0 atom stereocenters. The van der Waals surface area contributed by atoms with Crippen LogP contribution in [0.2, 0.25) is 5.02 Å². The molecule has 0 unspecified atom stereocenters. The molecule has 0 aliphatic carbocycles. The molecule has 4 aromatic rings. The lowest BCUT2D eigenvalue weighted by Crippen LogP contribution is -2.24. The maximum atomic E-state index is 14.7. The SMILES string of the molecule is CC(C)(C)OC(=O)CCc1cc(Cl)c(-c2noc(-c3cn4cc(I)cc(I)c4n3)n2)cc1F. The summed E-state index contributed by atoms with van der Waals surface area (Å²) in [7, 11) is 0. The van der Waals surface area contributed by atoms with Gasteiger partial charge in [-0.25, -0.2) is 9.37 Å². The number of rotatable bonds is 5. The fraction of sp³-hybridized carbons (Fsp3) is 0.273. The lowest BCUT2D eigenvalue weighted by atomic mass is 10.1. The number of pyridine rings is 1. The van der Waals surface area contributed by atoms with Crippen LogP contribution in [0.25, 0.3) is 28.6 Å². The summed E-state index contributed by atoms with van der Waals surface area (Å²) in [5.41, 5.74) is 1.27. The maximum Gasteiger partial charge on any atom is 0.306 e. The Morgan fingerprint density at radius 1 is 1.21 bits per heavy atom. The lowest BCUT2D eigenvalue weighted by Gasteiger charge is -2.19. The maximum absolute atomic E-state index is 14.7. The van der Waals surface area contributed by atoms with E-state index >= 15 is 0 Å². The van der Waals surface area contributed by atoms with E-state index in [1.165, 1.54) is 12.1 Å². The van der Waals surface area contributed by atoms with Gasteiger partial charge in [0.1, 0.15) is 17.1 Å². The van der Waals surface area contributed by atoms with E-state index in [-0.39, 0.29) is 35.1 Å². The Morgan fingerprint density at radius 3 is 2.70 bits per heavy atom. The molecule has 7 nitrogen and oxygen atoms in total. The van der Waals surface area contributed by atoms with Crippen molar-refractivity contribution in [2.45, 2.75) is 39.2 Å². The minimum absolute atomic E-state index is 0.0435. The van der Waals surface area contributed by atoms with Crippen molar-refractivity contribution < 1.29 is 18.4 Å². The number of hydrogen-bond donors (Lipinski definition) is 0. The number of imidazole rings is 1. The second-order valence-corrected chi connectivity index (χ2v) is 11.1. The van der Waals surface area contributed by atoms with Gasteiger partial charge in [-0.2, -0.15) is 4.98 Å². The van der Waals surface area contributed by atoms with Gasteiger partial charge in [0.15, 0.2) is 5.65 Å². The number of aromatic nitrogens is 4. The van der Waals surface area contributed by atoms with Gasteiger partial charge in [-0.05, 0) is 96.1 Å². The van der Waals surface area contributed by atoms with E-state index in [0.717, 1.165) is 12.8 Å². The second kappa shape index (κ2) is 9.45. The number of aryl methyl sites for hydroxylation is 1. The van der Waals surface area contributed by atoms with Crippen molar-refractivity contribution in [2.75, 3.05) is 0 Å². The average Bonchev–Trinajstić information content (AvgIpc) is 3.34. The van der Waals surface area contributed by atoms with Gasteiger partial charge < -0.3 is 13.7 Å². The third kappa shape index (κ3) is 5.65. The number of halogens is 4. The highest BCUT2D eigenvalue weighted by atomic mass is 127. The van der Waals surface area contributed by atoms with Gasteiger partial charge in [-0.3, -0.25) is 4.79 Å². The van der Waals surface area contributed by atoms with Crippen LogP contribution >= 0.6 is 56.8 Å². The molecule has 0 aliphatic heterocycles. The summed E-state index contributed by atoms with van der Waals surface area (Å²) in [5.74, 6) is -0.568. The quantitative estimate of drug-likeness (QED) is 0.180. The van der Waals surface area contributed by atoms with Crippen LogP contribution in [-0.4, -0.2) is 31.1 Å². The van der Waals surface area contributed by atoms with Crippen LogP contribution in [0.1, 0.15) is 32.8 Å². The summed E-state index contributed by atoms with van der Waals surface area (Å²) in [6.45, 7) is 5.35. The third-order valence-corrected chi connectivity index (χ3v) is 6.21. The molecule has 0 fully saturated rings. The molecule has 3 aromatic heterocycles. The Balaban J connectivity index is 1.56. The first kappa shape index (κ1) is 24.3. The molecular weight excluding hydrogens is 677 g/mol. The van der Waals surface area contributed by atoms with Crippen molar-refractivity contribution in [1.29, 1.82) is 0 Å². The van der Waals surface area contributed by atoms with E-state index in [9.17, 15) is 9.18 Å². The number of ether oxygens (including phenoxy) is 1. The number of carbonyl (C=O) groups is 1. The minimum atomic E-state index is -0.592. The number of fused-ring (bicyclic) bond motifs is 1. The van der Waals surface area contributed by atoms with Gasteiger partial charge in [0, 0.05) is 27.9 Å². The summed E-state index contributed by atoms with van der Waals surface area (Å²) >= 11 is 10.8. The van der Waals surface area contributed by atoms with E-state index in [2.05, 4.69) is 60.3 Å². The van der Waals surface area contributed by atoms with Crippen molar-refractivity contribution in [3.63, 3.8) is 0 Å². The molecule has 3 heterocycles. The number of carbonyl (C=O) groups excluding carboxylic acids is 1. The number of hydrogen-bond acceptors (Lipinski definition) is 6. The molecule has 0 radical (unpaired) electrons. The fourth-order valence-corrected chi connectivity index (χ4v) is 5.36. The summed E-state index contributed by atoms with van der Waals surface area (Å²) in [6.07, 6.45) is 3.94. The largest absolute Gasteiger partial charge is 0.460 e. The number of nitrogens with zero attached hydrogens (tertiary/aromatic N) is 4. The van der Waals surface area contributed by atoms with Gasteiger partial charge in [0.25, 0.3) is 5.89 Å². The number of esters is 1. The molecule has 0 amide bonds. The highest BCUT2D eigenvalue weighted by molar-refractivity contribution is 14.1. The van der Waals surface area contributed by atoms with E-state index in [0.29, 0.717) is 11.3 Å². The predicted molar refractivity (Wildman–Crippen MR) is 138 cm³/mol. The van der Waals surface area contributed by atoms with Gasteiger partial charge in [0.05, 0.1) is 8.59 Å². The van der Waals surface area contributed by atoms with Crippen molar-refractivity contribution in [3.05, 3.63) is 54.1 Å². The topological polar surface area (TPSA) is 82.5 Å². The van der Waals surface area contributed by atoms with Crippen molar-refractivity contribution in [1.82, 2.24) is 19.5 Å². The molecule has 11 heteroatoms. The van der Waals surface area contributed by atoms with Gasteiger partial charge >= 0.3 is 5.97 Å². The van der Waals surface area contributed by atoms with Crippen LogP contribution in [0, 0.1) is 13.0 Å². The summed E-state index contributed by atoms with van der Waals surface area (Å²) in [5, 5.41) is 4.21. The van der Waals surface area contributed by atoms with Crippen molar-refractivity contribution in [3.8, 4) is 23.0 Å². The zero-order valence-electron chi connectivity index (χ0n) is 17.8. The van der Waals surface area contributed by atoms with Crippen molar-refractivity contribution in [2.24, 2.45) is 0 Å². The monoisotopic (exact) mass is 694 g/mol. The van der Waals surface area contributed by atoms with Crippen LogP contribution in [0.15, 0.2) is 35.1 Å². The smallest absolute Gasteiger partial charge is 0.306 e. The molecule has 0 aliphatic rings. The molecule has 1 aromatic carbocycles. The Bertz CT molecular complexity index is 1360. The first-order chi connectivity index (χ1) is 15.5. The van der Waals surface area contributed by atoms with E-state index in [4.69, 9.17) is 20.9 Å². The Labute approximate surface area is 221 Å². The predicted octanol–water partition coefficient (Wildman–Crippen LogP) is 6.33. The second-order valence-electron chi connectivity index (χ2n) is 8.30. The van der Waals surface area contributed by atoms with E-state index < -0.39 is 17.4 Å². The molecular formula is C22H18ClFI2N4O3. The molecule has 0 N–H and O–H groups in total. The number of benzene rings is 1. The third-order valence-electron chi connectivity index (χ3n) is 4.51. The van der Waals surface area contributed by atoms with Crippen LogP contribution < -0.4 is 0 Å². The highest BCUT2D eigenvalue weighted by Crippen LogP contribution is 2.31. The van der Waals surface area contributed by atoms with Crippen LogP contribution in [-0.2, 0) is 16.0 Å². The van der Waals surface area contributed by atoms with E-state index in [1.54, 1.807) is 27.0 Å². The van der Waals surface area contributed by atoms with Gasteiger partial charge in [-0.15, -0.1) is 0 Å². The zero-order valence-corrected chi connectivity index (χ0v) is 22.9. The molecule has 33 heavy (non-hydrogen) atoms. The molecule has 0 saturated carbocycles. The zero-order chi connectivity index (χ0) is 23.9. The fourth-order valence-electron chi connectivity index (χ4n) is 3.14. The molecule has 0 spiro atoms. The Hall–Kier alpha value is -1.80. The molecule has 0 bridgehead atoms. The average molecular weight is 695 g/mol. The van der Waals surface area contributed by atoms with Crippen LogP contribution in [0.3, 0.4) is 0 Å². The standard InChI is InChI=1S/C22H18ClFI2N4O3/c1-22(2,3)32-18(31)5-4-11-6-14(23)13(8-15(11)24)19-28-21(33-29-19)17-10-30-9-12(25)7-16(26)20(30)27-17/h6-10H,4-5H2,1-3H3. The lowest BCUT2D eigenvalue weighted by molar-refractivity contribution is -0.154. The molecule has 172 valence electrons. The minimum Gasteiger partial charge on any atom is -0.460 e. The van der Waals surface area contributed by atoms with Crippen LogP contribution in [0.4, 0.5) is 4.39 Å². The summed E-state index contributed by atoms with van der Waals surface area (Å²) < 4.78 is 29.3. The van der Waals surface area contributed by atoms with E-state index in [1.807, 2.05) is 16.7 Å². The molecule has 4 rings (SSSR count). The van der Waals surface area contributed by atoms with Crippen LogP contribution in [0.5, 0.6) is 0 Å².